The molecule has 1 aliphatic rings. The van der Waals surface area contributed by atoms with Gasteiger partial charge < -0.3 is 11.1 Å². The second kappa shape index (κ2) is 6.58. The maximum atomic E-state index is 12.4. The van der Waals surface area contributed by atoms with Gasteiger partial charge in [-0.3, -0.25) is 4.79 Å². The highest BCUT2D eigenvalue weighted by Crippen LogP contribution is 2.25. The van der Waals surface area contributed by atoms with Crippen LogP contribution in [0.15, 0.2) is 18.2 Å². The number of benzene rings is 1. The van der Waals surface area contributed by atoms with Crippen LogP contribution in [-0.4, -0.2) is 18.5 Å². The first kappa shape index (κ1) is 14.6. The highest BCUT2D eigenvalue weighted by molar-refractivity contribution is 5.96. The Kier molecular flexibility index (Phi) is 4.81. The fraction of sp³-hybridized carbons (Fsp3) is 0.471. The van der Waals surface area contributed by atoms with Crippen LogP contribution in [0, 0.1) is 24.7 Å². The number of hydrogen-bond acceptors (Lipinski definition) is 2. The number of rotatable bonds is 2. The molecule has 0 spiro atoms. The van der Waals surface area contributed by atoms with E-state index in [1.807, 2.05) is 25.1 Å². The molecule has 1 aromatic carbocycles. The molecule has 0 aliphatic heterocycles. The molecule has 106 valence electrons. The standard InChI is InChI=1S/C17H22N2O/c1-12-8-9-15(11-12)19-17(20)16-7-3-5-14(13(16)2)6-4-10-18/h3,5,7,12,15H,8-11,18H2,1-2H3,(H,19,20). The SMILES string of the molecule is Cc1c(C#CCN)cccc1C(=O)NC1CCC(C)C1. The van der Waals surface area contributed by atoms with Crippen molar-refractivity contribution in [3.63, 3.8) is 0 Å². The quantitative estimate of drug-likeness (QED) is 0.810. The minimum Gasteiger partial charge on any atom is -0.349 e. The molecule has 0 heterocycles. The highest BCUT2D eigenvalue weighted by atomic mass is 16.1. The molecule has 1 aliphatic carbocycles. The molecule has 0 saturated heterocycles. The van der Waals surface area contributed by atoms with Crippen LogP contribution in [0.3, 0.4) is 0 Å². The van der Waals surface area contributed by atoms with Crippen molar-refractivity contribution in [1.82, 2.24) is 5.32 Å². The molecule has 3 nitrogen and oxygen atoms in total. The first-order chi connectivity index (χ1) is 9.61. The Hall–Kier alpha value is -1.79. The Labute approximate surface area is 120 Å². The summed E-state index contributed by atoms with van der Waals surface area (Å²) in [6, 6.07) is 5.97. The summed E-state index contributed by atoms with van der Waals surface area (Å²) in [5.41, 5.74) is 7.91. The summed E-state index contributed by atoms with van der Waals surface area (Å²) in [7, 11) is 0. The number of carbonyl (C=O) groups excluding carboxylic acids is 1. The zero-order chi connectivity index (χ0) is 14.5. The lowest BCUT2D eigenvalue weighted by Gasteiger charge is -2.14. The van der Waals surface area contributed by atoms with E-state index < -0.39 is 0 Å². The lowest BCUT2D eigenvalue weighted by molar-refractivity contribution is 0.0936. The summed E-state index contributed by atoms with van der Waals surface area (Å²) in [5, 5.41) is 3.14. The smallest absolute Gasteiger partial charge is 0.251 e. The van der Waals surface area contributed by atoms with Gasteiger partial charge in [0.15, 0.2) is 0 Å². The van der Waals surface area contributed by atoms with Gasteiger partial charge in [0.2, 0.25) is 0 Å². The van der Waals surface area contributed by atoms with E-state index in [0.29, 0.717) is 24.1 Å². The average Bonchev–Trinajstić information content (AvgIpc) is 2.83. The normalized spacial score (nSPS) is 21.1. The van der Waals surface area contributed by atoms with Crippen molar-refractivity contribution in [3.05, 3.63) is 34.9 Å². The first-order valence-corrected chi connectivity index (χ1v) is 7.21. The minimum atomic E-state index is 0.0120. The number of nitrogens with two attached hydrogens (primary N) is 1. The molecule has 3 heteroatoms. The molecule has 0 aromatic heterocycles. The van der Waals surface area contributed by atoms with E-state index in [1.54, 1.807) is 0 Å². The largest absolute Gasteiger partial charge is 0.349 e. The Morgan fingerprint density at radius 2 is 2.25 bits per heavy atom. The summed E-state index contributed by atoms with van der Waals surface area (Å²) in [5.74, 6) is 6.57. The maximum absolute atomic E-state index is 12.4. The molecule has 1 amide bonds. The molecule has 0 radical (unpaired) electrons. The van der Waals surface area contributed by atoms with Crippen LogP contribution in [0.2, 0.25) is 0 Å². The van der Waals surface area contributed by atoms with Gasteiger partial charge in [-0.05, 0) is 49.8 Å². The van der Waals surface area contributed by atoms with Gasteiger partial charge in [0.05, 0.1) is 6.54 Å². The van der Waals surface area contributed by atoms with Crippen molar-refractivity contribution in [2.75, 3.05) is 6.54 Å². The van der Waals surface area contributed by atoms with Crippen molar-refractivity contribution in [3.8, 4) is 11.8 Å². The fourth-order valence-corrected chi connectivity index (χ4v) is 2.76. The van der Waals surface area contributed by atoms with Gasteiger partial charge in [-0.15, -0.1) is 0 Å². The predicted molar refractivity (Wildman–Crippen MR) is 81.4 cm³/mol. The van der Waals surface area contributed by atoms with Gasteiger partial charge in [-0.25, -0.2) is 0 Å². The molecule has 2 atom stereocenters. The second-order valence-electron chi connectivity index (χ2n) is 5.57. The molecule has 1 aromatic rings. The van der Waals surface area contributed by atoms with Crippen LogP contribution < -0.4 is 11.1 Å². The summed E-state index contributed by atoms with van der Waals surface area (Å²) in [6.45, 7) is 4.50. The van der Waals surface area contributed by atoms with E-state index in [1.165, 1.54) is 6.42 Å². The Balaban J connectivity index is 2.13. The average molecular weight is 270 g/mol. The van der Waals surface area contributed by atoms with Crippen LogP contribution in [0.1, 0.15) is 47.7 Å². The molecule has 2 unspecified atom stereocenters. The first-order valence-electron chi connectivity index (χ1n) is 7.21. The fourth-order valence-electron chi connectivity index (χ4n) is 2.76. The zero-order valence-corrected chi connectivity index (χ0v) is 12.2. The Morgan fingerprint density at radius 1 is 1.45 bits per heavy atom. The molecule has 2 rings (SSSR count). The van der Waals surface area contributed by atoms with Gasteiger partial charge in [0, 0.05) is 17.2 Å². The second-order valence-corrected chi connectivity index (χ2v) is 5.57. The van der Waals surface area contributed by atoms with Gasteiger partial charge >= 0.3 is 0 Å². The van der Waals surface area contributed by atoms with E-state index in [2.05, 4.69) is 24.1 Å². The van der Waals surface area contributed by atoms with Gasteiger partial charge in [-0.1, -0.05) is 24.8 Å². The maximum Gasteiger partial charge on any atom is 0.251 e. The van der Waals surface area contributed by atoms with E-state index in [-0.39, 0.29) is 5.91 Å². The highest BCUT2D eigenvalue weighted by Gasteiger charge is 2.23. The zero-order valence-electron chi connectivity index (χ0n) is 12.2. The Morgan fingerprint density at radius 3 is 2.90 bits per heavy atom. The lowest BCUT2D eigenvalue weighted by atomic mass is 10.0. The number of amides is 1. The van der Waals surface area contributed by atoms with Crippen LogP contribution in [-0.2, 0) is 0 Å². The van der Waals surface area contributed by atoms with Crippen LogP contribution >= 0.6 is 0 Å². The minimum absolute atomic E-state index is 0.0120. The molecule has 0 bridgehead atoms. The van der Waals surface area contributed by atoms with Crippen molar-refractivity contribution in [2.45, 2.75) is 39.2 Å². The predicted octanol–water partition coefficient (Wildman–Crippen LogP) is 2.22. The molecular weight excluding hydrogens is 248 g/mol. The number of hydrogen-bond donors (Lipinski definition) is 2. The summed E-state index contributed by atoms with van der Waals surface area (Å²) < 4.78 is 0. The third-order valence-corrected chi connectivity index (χ3v) is 3.93. The van der Waals surface area contributed by atoms with Crippen molar-refractivity contribution >= 4 is 5.91 Å². The third-order valence-electron chi connectivity index (χ3n) is 3.93. The van der Waals surface area contributed by atoms with Crippen LogP contribution in [0.5, 0.6) is 0 Å². The van der Waals surface area contributed by atoms with E-state index in [4.69, 9.17) is 5.73 Å². The summed E-state index contributed by atoms with van der Waals surface area (Å²) in [4.78, 5) is 12.4. The van der Waals surface area contributed by atoms with Crippen molar-refractivity contribution < 1.29 is 4.79 Å². The molecule has 1 saturated carbocycles. The van der Waals surface area contributed by atoms with E-state index in [0.717, 1.165) is 24.0 Å². The van der Waals surface area contributed by atoms with Crippen LogP contribution in [0.25, 0.3) is 0 Å². The third kappa shape index (κ3) is 3.40. The number of carbonyl (C=O) groups is 1. The van der Waals surface area contributed by atoms with E-state index >= 15 is 0 Å². The molecule has 1 fully saturated rings. The van der Waals surface area contributed by atoms with E-state index in [9.17, 15) is 4.79 Å². The Bertz CT molecular complexity index is 554. The van der Waals surface area contributed by atoms with Gasteiger partial charge in [0.1, 0.15) is 0 Å². The van der Waals surface area contributed by atoms with Gasteiger partial charge in [-0.2, -0.15) is 0 Å². The number of nitrogens with one attached hydrogen (secondary N) is 1. The van der Waals surface area contributed by atoms with Crippen molar-refractivity contribution in [1.29, 1.82) is 0 Å². The van der Waals surface area contributed by atoms with Gasteiger partial charge in [0.25, 0.3) is 5.91 Å². The molecule has 3 N–H and O–H groups in total. The summed E-state index contributed by atoms with van der Waals surface area (Å²) in [6.07, 6.45) is 3.36. The summed E-state index contributed by atoms with van der Waals surface area (Å²) >= 11 is 0. The molecular formula is C17H22N2O. The topological polar surface area (TPSA) is 55.1 Å². The van der Waals surface area contributed by atoms with Crippen LogP contribution in [0.4, 0.5) is 0 Å². The monoisotopic (exact) mass is 270 g/mol. The van der Waals surface area contributed by atoms with Crippen molar-refractivity contribution in [2.24, 2.45) is 11.7 Å². The molecule has 20 heavy (non-hydrogen) atoms. The lowest BCUT2D eigenvalue weighted by Crippen LogP contribution is -2.33.